The minimum Gasteiger partial charge on any atom is -0.464 e. The van der Waals surface area contributed by atoms with Gasteiger partial charge in [-0.25, -0.2) is 0 Å². The number of carbonyl (C=O) groups is 1. The van der Waals surface area contributed by atoms with E-state index in [-0.39, 0.29) is 23.5 Å². The maximum absolute atomic E-state index is 12.8. The highest BCUT2D eigenvalue weighted by molar-refractivity contribution is 5.77. The van der Waals surface area contributed by atoms with Crippen LogP contribution < -0.4 is 5.43 Å². The van der Waals surface area contributed by atoms with E-state index >= 15 is 0 Å². The molecule has 1 amide bonds. The molecule has 150 valence electrons. The summed E-state index contributed by atoms with van der Waals surface area (Å²) in [4.78, 5) is 28.9. The number of ether oxygens (including phenoxy) is 2. The predicted octanol–water partition coefficient (Wildman–Crippen LogP) is 1.63. The number of likely N-dealkylation sites (tertiary alicyclic amines) is 1. The summed E-state index contributed by atoms with van der Waals surface area (Å²) >= 11 is 0. The molecule has 1 aromatic carbocycles. The van der Waals surface area contributed by atoms with Crippen LogP contribution in [0.1, 0.15) is 18.4 Å². The van der Waals surface area contributed by atoms with Crippen LogP contribution in [0.2, 0.25) is 0 Å². The van der Waals surface area contributed by atoms with Crippen LogP contribution in [0.25, 0.3) is 11.0 Å². The number of morpholine rings is 1. The van der Waals surface area contributed by atoms with Crippen molar-refractivity contribution < 1.29 is 18.7 Å². The first-order valence-corrected chi connectivity index (χ1v) is 9.73. The van der Waals surface area contributed by atoms with E-state index in [1.165, 1.54) is 7.11 Å². The summed E-state index contributed by atoms with van der Waals surface area (Å²) in [5.74, 6) is 0.0267. The number of rotatable bonds is 4. The molecule has 2 saturated heterocycles. The Bertz CT molecular complexity index is 901. The summed E-state index contributed by atoms with van der Waals surface area (Å²) < 4.78 is 16.8. The quantitative estimate of drug-likeness (QED) is 0.795. The van der Waals surface area contributed by atoms with Gasteiger partial charge in [0.2, 0.25) is 5.91 Å². The Morgan fingerprint density at radius 1 is 1.21 bits per heavy atom. The molecule has 2 aliphatic heterocycles. The predicted molar refractivity (Wildman–Crippen MR) is 104 cm³/mol. The van der Waals surface area contributed by atoms with Crippen LogP contribution in [-0.2, 0) is 20.8 Å². The van der Waals surface area contributed by atoms with Gasteiger partial charge in [-0.3, -0.25) is 14.5 Å². The first-order chi connectivity index (χ1) is 13.6. The minimum absolute atomic E-state index is 0.0267. The lowest BCUT2D eigenvalue weighted by Gasteiger charge is -2.47. The van der Waals surface area contributed by atoms with Crippen molar-refractivity contribution in [2.24, 2.45) is 0 Å². The fourth-order valence-electron chi connectivity index (χ4n) is 4.21. The first kappa shape index (κ1) is 19.1. The van der Waals surface area contributed by atoms with Crippen molar-refractivity contribution in [2.45, 2.75) is 25.0 Å². The van der Waals surface area contributed by atoms with Crippen LogP contribution in [0, 0.1) is 0 Å². The maximum atomic E-state index is 12.8. The minimum atomic E-state index is -0.251. The van der Waals surface area contributed by atoms with Gasteiger partial charge in [-0.05, 0) is 25.0 Å². The Morgan fingerprint density at radius 3 is 2.79 bits per heavy atom. The normalized spacial score (nSPS) is 20.0. The third-order valence-corrected chi connectivity index (χ3v) is 5.77. The molecule has 4 rings (SSSR count). The van der Waals surface area contributed by atoms with Crippen LogP contribution in [0.4, 0.5) is 0 Å². The number of nitrogens with zero attached hydrogens (tertiary/aromatic N) is 2. The lowest BCUT2D eigenvalue weighted by atomic mass is 9.89. The molecule has 1 spiro atoms. The van der Waals surface area contributed by atoms with Crippen molar-refractivity contribution in [3.05, 3.63) is 46.3 Å². The average molecular weight is 386 g/mol. The van der Waals surface area contributed by atoms with Gasteiger partial charge in [-0.1, -0.05) is 12.1 Å². The van der Waals surface area contributed by atoms with E-state index in [1.807, 2.05) is 23.1 Å². The summed E-state index contributed by atoms with van der Waals surface area (Å²) in [7, 11) is 1.54. The highest BCUT2D eigenvalue weighted by atomic mass is 16.5. The number of amides is 1. The SMILES string of the molecule is COCC(=O)N1CCC2(CC1)CN(Cc1coc3ccccc3c1=O)CCO2. The van der Waals surface area contributed by atoms with Gasteiger partial charge in [0.25, 0.3) is 0 Å². The Balaban J connectivity index is 1.43. The number of piperidine rings is 1. The average Bonchev–Trinajstić information content (AvgIpc) is 2.71. The van der Waals surface area contributed by atoms with Gasteiger partial charge in [0.1, 0.15) is 12.2 Å². The largest absolute Gasteiger partial charge is 0.464 e. The van der Waals surface area contributed by atoms with Gasteiger partial charge in [-0.15, -0.1) is 0 Å². The van der Waals surface area contributed by atoms with Crippen molar-refractivity contribution in [1.82, 2.24) is 9.80 Å². The van der Waals surface area contributed by atoms with E-state index in [9.17, 15) is 9.59 Å². The molecule has 0 radical (unpaired) electrons. The second-order valence-electron chi connectivity index (χ2n) is 7.64. The second kappa shape index (κ2) is 8.03. The topological polar surface area (TPSA) is 72.2 Å². The van der Waals surface area contributed by atoms with Crippen molar-refractivity contribution in [3.8, 4) is 0 Å². The molecule has 0 aliphatic carbocycles. The van der Waals surface area contributed by atoms with Gasteiger partial charge in [0, 0.05) is 45.4 Å². The monoisotopic (exact) mass is 386 g/mol. The van der Waals surface area contributed by atoms with Gasteiger partial charge in [0.15, 0.2) is 5.43 Å². The highest BCUT2D eigenvalue weighted by Gasteiger charge is 2.40. The van der Waals surface area contributed by atoms with Crippen LogP contribution in [-0.4, -0.2) is 67.8 Å². The number of methoxy groups -OCH3 is 1. The zero-order valence-electron chi connectivity index (χ0n) is 16.2. The molecule has 0 atom stereocenters. The number of carbonyl (C=O) groups excluding carboxylic acids is 1. The van der Waals surface area contributed by atoms with Crippen LogP contribution in [0.5, 0.6) is 0 Å². The van der Waals surface area contributed by atoms with Gasteiger partial charge in [-0.2, -0.15) is 0 Å². The molecular weight excluding hydrogens is 360 g/mol. The second-order valence-corrected chi connectivity index (χ2v) is 7.64. The van der Waals surface area contributed by atoms with E-state index in [0.29, 0.717) is 42.8 Å². The lowest BCUT2D eigenvalue weighted by Crippen LogP contribution is -2.57. The molecule has 0 unspecified atom stereocenters. The van der Waals surface area contributed by atoms with Gasteiger partial charge in [0.05, 0.1) is 23.9 Å². The molecule has 2 aliphatic rings. The highest BCUT2D eigenvalue weighted by Crippen LogP contribution is 2.30. The van der Waals surface area contributed by atoms with Crippen molar-refractivity contribution in [1.29, 1.82) is 0 Å². The Labute approximate surface area is 163 Å². The fraction of sp³-hybridized carbons (Fsp3) is 0.524. The molecule has 2 aromatic rings. The Kier molecular flexibility index (Phi) is 5.48. The Morgan fingerprint density at radius 2 is 2.00 bits per heavy atom. The summed E-state index contributed by atoms with van der Waals surface area (Å²) in [6, 6.07) is 7.33. The van der Waals surface area contributed by atoms with E-state index < -0.39 is 0 Å². The fourth-order valence-corrected chi connectivity index (χ4v) is 4.21. The first-order valence-electron chi connectivity index (χ1n) is 9.73. The van der Waals surface area contributed by atoms with Crippen molar-refractivity contribution in [2.75, 3.05) is 46.5 Å². The molecule has 2 fully saturated rings. The molecule has 3 heterocycles. The molecule has 0 saturated carbocycles. The van der Waals surface area contributed by atoms with E-state index in [2.05, 4.69) is 4.90 Å². The van der Waals surface area contributed by atoms with Gasteiger partial charge >= 0.3 is 0 Å². The Hall–Kier alpha value is -2.22. The summed E-state index contributed by atoms with van der Waals surface area (Å²) in [6.45, 7) is 4.18. The summed E-state index contributed by atoms with van der Waals surface area (Å²) in [6.07, 6.45) is 3.18. The van der Waals surface area contributed by atoms with Crippen LogP contribution in [0.15, 0.2) is 39.7 Å². The van der Waals surface area contributed by atoms with E-state index in [1.54, 1.807) is 12.3 Å². The number of hydrogen-bond acceptors (Lipinski definition) is 6. The maximum Gasteiger partial charge on any atom is 0.248 e. The molecule has 0 N–H and O–H groups in total. The molecule has 1 aromatic heterocycles. The van der Waals surface area contributed by atoms with Crippen LogP contribution >= 0.6 is 0 Å². The standard InChI is InChI=1S/C21H26N2O5/c1-26-14-19(24)23-8-6-21(7-9-23)15-22(10-11-28-21)12-16-13-27-18-5-3-2-4-17(18)20(16)25/h2-5,13H,6-12,14-15H2,1H3. The number of hydrogen-bond donors (Lipinski definition) is 0. The molecule has 0 bridgehead atoms. The van der Waals surface area contributed by atoms with Crippen molar-refractivity contribution >= 4 is 16.9 Å². The zero-order chi connectivity index (χ0) is 19.6. The van der Waals surface area contributed by atoms with Gasteiger partial charge < -0.3 is 18.8 Å². The van der Waals surface area contributed by atoms with Crippen molar-refractivity contribution in [3.63, 3.8) is 0 Å². The lowest BCUT2D eigenvalue weighted by molar-refractivity contribution is -0.153. The molecule has 7 heteroatoms. The van der Waals surface area contributed by atoms with E-state index in [0.717, 1.165) is 25.9 Å². The smallest absolute Gasteiger partial charge is 0.248 e. The molecular formula is C21H26N2O5. The number of para-hydroxylation sites is 1. The summed E-state index contributed by atoms with van der Waals surface area (Å²) in [5.41, 5.74) is 1.06. The third kappa shape index (κ3) is 3.83. The summed E-state index contributed by atoms with van der Waals surface area (Å²) in [5, 5.41) is 0.618. The van der Waals surface area contributed by atoms with E-state index in [4.69, 9.17) is 13.9 Å². The zero-order valence-corrected chi connectivity index (χ0v) is 16.2. The third-order valence-electron chi connectivity index (χ3n) is 5.77. The number of fused-ring (bicyclic) bond motifs is 1. The molecule has 7 nitrogen and oxygen atoms in total. The molecule has 28 heavy (non-hydrogen) atoms. The number of benzene rings is 1. The van der Waals surface area contributed by atoms with Crippen LogP contribution in [0.3, 0.4) is 0 Å².